The minimum absolute atomic E-state index is 0.541. The fourth-order valence-electron chi connectivity index (χ4n) is 2.19. The van der Waals surface area contributed by atoms with Gasteiger partial charge >= 0.3 is 0 Å². The van der Waals surface area contributed by atoms with E-state index >= 15 is 0 Å². The zero-order chi connectivity index (χ0) is 15.9. The topological polar surface area (TPSA) is 70.8 Å². The maximum atomic E-state index is 9.28. The molecule has 0 saturated heterocycles. The molecule has 1 N–H and O–H groups in total. The Morgan fingerprint density at radius 3 is 2.73 bits per heavy atom. The highest BCUT2D eigenvalue weighted by Gasteiger charge is 2.10. The van der Waals surface area contributed by atoms with Crippen molar-refractivity contribution in [1.82, 2.24) is 10.2 Å². The van der Waals surface area contributed by atoms with Crippen molar-refractivity contribution in [3.05, 3.63) is 46.6 Å². The Morgan fingerprint density at radius 1 is 1.23 bits per heavy atom. The monoisotopic (exact) mass is 296 g/mol. The van der Waals surface area contributed by atoms with Crippen LogP contribution in [0.15, 0.2) is 24.3 Å². The van der Waals surface area contributed by atoms with Crippen molar-refractivity contribution in [1.29, 1.82) is 5.26 Å². The second kappa shape index (κ2) is 7.41. The first-order valence-corrected chi connectivity index (χ1v) is 7.36. The molecule has 22 heavy (non-hydrogen) atoms. The van der Waals surface area contributed by atoms with Crippen LogP contribution < -0.4 is 10.1 Å². The number of nitrogens with zero attached hydrogens (tertiary/aromatic N) is 3. The fraction of sp³-hybridized carbons (Fsp3) is 0.353. The van der Waals surface area contributed by atoms with Crippen LogP contribution in [0.1, 0.15) is 29.3 Å². The van der Waals surface area contributed by atoms with Crippen LogP contribution in [0, 0.1) is 25.2 Å². The second-order valence-electron chi connectivity index (χ2n) is 4.96. The highest BCUT2D eigenvalue weighted by molar-refractivity contribution is 5.55. The van der Waals surface area contributed by atoms with Crippen LogP contribution >= 0.6 is 0 Å². The molecular weight excluding hydrogens is 276 g/mol. The van der Waals surface area contributed by atoms with E-state index in [1.807, 2.05) is 45.0 Å². The van der Waals surface area contributed by atoms with Gasteiger partial charge in [-0.25, -0.2) is 0 Å². The number of nitrogens with one attached hydrogen (secondary N) is 1. The number of hydrogen-bond acceptors (Lipinski definition) is 5. The maximum absolute atomic E-state index is 9.28. The molecule has 0 spiro atoms. The summed E-state index contributed by atoms with van der Waals surface area (Å²) in [7, 11) is 0. The van der Waals surface area contributed by atoms with Crippen molar-refractivity contribution < 1.29 is 4.74 Å². The Balaban J connectivity index is 2.06. The normalized spacial score (nSPS) is 10.1. The Bertz CT molecular complexity index is 692. The van der Waals surface area contributed by atoms with Crippen LogP contribution in [0.25, 0.3) is 0 Å². The summed E-state index contributed by atoms with van der Waals surface area (Å²) >= 11 is 0. The van der Waals surface area contributed by atoms with Gasteiger partial charge in [-0.2, -0.15) is 10.4 Å². The largest absolute Gasteiger partial charge is 0.494 e. The van der Waals surface area contributed by atoms with Gasteiger partial charge in [0.2, 0.25) is 0 Å². The van der Waals surface area contributed by atoms with Gasteiger partial charge in [-0.15, -0.1) is 5.10 Å². The quantitative estimate of drug-likeness (QED) is 0.887. The Kier molecular flexibility index (Phi) is 5.31. The molecule has 0 saturated carbocycles. The summed E-state index contributed by atoms with van der Waals surface area (Å²) in [6.07, 6.45) is 0.787. The second-order valence-corrected chi connectivity index (χ2v) is 4.96. The van der Waals surface area contributed by atoms with Crippen LogP contribution in [-0.4, -0.2) is 23.3 Å². The van der Waals surface area contributed by atoms with E-state index in [-0.39, 0.29) is 0 Å². The minimum Gasteiger partial charge on any atom is -0.494 e. The first-order valence-electron chi connectivity index (χ1n) is 7.36. The zero-order valence-electron chi connectivity index (χ0n) is 13.2. The minimum atomic E-state index is 0.541. The summed E-state index contributed by atoms with van der Waals surface area (Å²) < 4.78 is 5.61. The number of benzene rings is 1. The third-order valence-corrected chi connectivity index (χ3v) is 3.53. The molecule has 0 fully saturated rings. The summed E-state index contributed by atoms with van der Waals surface area (Å²) in [5.41, 5.74) is 3.34. The molecule has 0 aliphatic rings. The van der Waals surface area contributed by atoms with E-state index < -0.39 is 0 Å². The molecule has 5 nitrogen and oxygen atoms in total. The number of para-hydroxylation sites is 1. The number of ether oxygens (including phenoxy) is 1. The number of aromatic nitrogens is 2. The number of anilines is 1. The molecule has 1 heterocycles. The van der Waals surface area contributed by atoms with Crippen LogP contribution in [-0.2, 0) is 6.42 Å². The number of hydrogen-bond donors (Lipinski definition) is 1. The van der Waals surface area contributed by atoms with Crippen LogP contribution in [0.5, 0.6) is 5.75 Å². The van der Waals surface area contributed by atoms with Gasteiger partial charge in [0, 0.05) is 6.54 Å². The van der Waals surface area contributed by atoms with Gasteiger partial charge in [-0.3, -0.25) is 0 Å². The van der Waals surface area contributed by atoms with Crippen molar-refractivity contribution in [3.63, 3.8) is 0 Å². The molecule has 0 amide bonds. The SMILES string of the molecule is CCOc1ccccc1CCNc1nnc(C)c(C)c1C#N. The van der Waals surface area contributed by atoms with E-state index in [9.17, 15) is 5.26 Å². The van der Waals surface area contributed by atoms with Gasteiger partial charge in [-0.1, -0.05) is 18.2 Å². The lowest BCUT2D eigenvalue weighted by Gasteiger charge is -2.12. The number of rotatable bonds is 6. The summed E-state index contributed by atoms with van der Waals surface area (Å²) in [5.74, 6) is 1.44. The molecule has 0 radical (unpaired) electrons. The van der Waals surface area contributed by atoms with Crippen LogP contribution in [0.4, 0.5) is 5.82 Å². The van der Waals surface area contributed by atoms with Gasteiger partial charge in [0.05, 0.1) is 12.3 Å². The summed E-state index contributed by atoms with van der Waals surface area (Å²) in [6, 6.07) is 10.2. The van der Waals surface area contributed by atoms with E-state index in [0.717, 1.165) is 29.0 Å². The van der Waals surface area contributed by atoms with Crippen molar-refractivity contribution in [2.45, 2.75) is 27.2 Å². The van der Waals surface area contributed by atoms with Crippen molar-refractivity contribution in [2.75, 3.05) is 18.5 Å². The van der Waals surface area contributed by atoms with Gasteiger partial charge in [-0.05, 0) is 44.4 Å². The maximum Gasteiger partial charge on any atom is 0.166 e. The lowest BCUT2D eigenvalue weighted by Crippen LogP contribution is -2.11. The highest BCUT2D eigenvalue weighted by atomic mass is 16.5. The Hall–Kier alpha value is -2.61. The average molecular weight is 296 g/mol. The van der Waals surface area contributed by atoms with Crippen molar-refractivity contribution in [3.8, 4) is 11.8 Å². The van der Waals surface area contributed by atoms with Gasteiger partial charge in [0.25, 0.3) is 0 Å². The molecule has 1 aromatic heterocycles. The molecule has 0 bridgehead atoms. The molecule has 114 valence electrons. The van der Waals surface area contributed by atoms with Gasteiger partial charge in [0.15, 0.2) is 5.82 Å². The molecule has 5 heteroatoms. The molecule has 0 unspecified atom stereocenters. The zero-order valence-corrected chi connectivity index (χ0v) is 13.2. The van der Waals surface area contributed by atoms with Crippen LogP contribution in [0.3, 0.4) is 0 Å². The highest BCUT2D eigenvalue weighted by Crippen LogP contribution is 2.20. The third kappa shape index (κ3) is 3.53. The number of nitriles is 1. The Morgan fingerprint density at radius 2 is 2.00 bits per heavy atom. The van der Waals surface area contributed by atoms with E-state index in [1.165, 1.54) is 0 Å². The third-order valence-electron chi connectivity index (χ3n) is 3.53. The van der Waals surface area contributed by atoms with E-state index in [2.05, 4.69) is 21.6 Å². The molecule has 0 aliphatic heterocycles. The Labute approximate surface area is 131 Å². The van der Waals surface area contributed by atoms with E-state index in [0.29, 0.717) is 24.5 Å². The molecule has 2 rings (SSSR count). The lowest BCUT2D eigenvalue weighted by molar-refractivity contribution is 0.336. The standard InChI is InChI=1S/C17H20N4O/c1-4-22-16-8-6-5-7-14(16)9-10-19-17-15(11-18)12(2)13(3)20-21-17/h5-8H,4,9-10H2,1-3H3,(H,19,21). The smallest absolute Gasteiger partial charge is 0.166 e. The van der Waals surface area contributed by atoms with Gasteiger partial charge < -0.3 is 10.1 Å². The van der Waals surface area contributed by atoms with Gasteiger partial charge in [0.1, 0.15) is 17.4 Å². The van der Waals surface area contributed by atoms with Crippen molar-refractivity contribution >= 4 is 5.82 Å². The predicted molar refractivity (Wildman–Crippen MR) is 86.0 cm³/mol. The molecule has 1 aromatic carbocycles. The van der Waals surface area contributed by atoms with E-state index in [1.54, 1.807) is 0 Å². The first kappa shape index (κ1) is 15.8. The van der Waals surface area contributed by atoms with Crippen LogP contribution in [0.2, 0.25) is 0 Å². The molecular formula is C17H20N4O. The van der Waals surface area contributed by atoms with E-state index in [4.69, 9.17) is 4.74 Å². The molecule has 0 atom stereocenters. The summed E-state index contributed by atoms with van der Waals surface area (Å²) in [4.78, 5) is 0. The fourth-order valence-corrected chi connectivity index (χ4v) is 2.19. The molecule has 0 aliphatic carbocycles. The first-order chi connectivity index (χ1) is 10.7. The number of aryl methyl sites for hydroxylation is 1. The summed E-state index contributed by atoms with van der Waals surface area (Å²) in [6.45, 7) is 7.02. The average Bonchev–Trinajstić information content (AvgIpc) is 2.53. The lowest BCUT2D eigenvalue weighted by atomic mass is 10.1. The van der Waals surface area contributed by atoms with Crippen molar-refractivity contribution in [2.24, 2.45) is 0 Å². The molecule has 2 aromatic rings. The predicted octanol–water partition coefficient (Wildman–Crippen LogP) is 3.02. The summed E-state index contributed by atoms with van der Waals surface area (Å²) in [5, 5.41) is 20.6.